The molecule has 1 saturated carbocycles. The quantitative estimate of drug-likeness (QED) is 0.739. The van der Waals surface area contributed by atoms with Crippen LogP contribution in [-0.2, 0) is 9.59 Å². The van der Waals surface area contributed by atoms with Crippen molar-refractivity contribution >= 4 is 29.2 Å². The lowest BCUT2D eigenvalue weighted by molar-refractivity contribution is -0.124. The summed E-state index contributed by atoms with van der Waals surface area (Å²) >= 11 is 0. The lowest BCUT2D eigenvalue weighted by Gasteiger charge is -2.27. The lowest BCUT2D eigenvalue weighted by atomic mass is 10.1. The molecular weight excluding hydrogens is 382 g/mol. The van der Waals surface area contributed by atoms with Crippen LogP contribution in [0.5, 0.6) is 5.75 Å². The second-order valence-electron chi connectivity index (χ2n) is 7.63. The number of para-hydroxylation sites is 1. The highest BCUT2D eigenvalue weighted by atomic mass is 16.5. The third-order valence-corrected chi connectivity index (χ3v) is 5.74. The van der Waals surface area contributed by atoms with Crippen molar-refractivity contribution in [3.05, 3.63) is 54.6 Å². The first-order chi connectivity index (χ1) is 14.6. The maximum absolute atomic E-state index is 13.3. The smallest absolute Gasteiger partial charge is 0.332 e. The minimum atomic E-state index is -0.800. The van der Waals surface area contributed by atoms with Crippen molar-refractivity contribution in [1.82, 2.24) is 4.90 Å². The molecule has 2 aromatic carbocycles. The molecule has 1 N–H and O–H groups in total. The molecule has 2 aliphatic rings. The highest BCUT2D eigenvalue weighted by Crippen LogP contribution is 2.34. The van der Waals surface area contributed by atoms with Gasteiger partial charge in [-0.15, -0.1) is 0 Å². The van der Waals surface area contributed by atoms with Gasteiger partial charge < -0.3 is 15.0 Å². The van der Waals surface area contributed by atoms with Gasteiger partial charge in [0.15, 0.2) is 0 Å². The Morgan fingerprint density at radius 1 is 1.03 bits per heavy atom. The molecule has 2 aromatic rings. The van der Waals surface area contributed by atoms with Gasteiger partial charge in [-0.25, -0.2) is 9.69 Å². The van der Waals surface area contributed by atoms with Gasteiger partial charge in [0.05, 0.1) is 19.2 Å². The number of urea groups is 1. The molecule has 0 spiro atoms. The maximum Gasteiger partial charge on any atom is 0.332 e. The van der Waals surface area contributed by atoms with Crippen LogP contribution in [0.15, 0.2) is 54.6 Å². The van der Waals surface area contributed by atoms with E-state index in [0.717, 1.165) is 25.7 Å². The highest BCUT2D eigenvalue weighted by molar-refractivity contribution is 6.22. The van der Waals surface area contributed by atoms with Crippen LogP contribution >= 0.6 is 0 Å². The van der Waals surface area contributed by atoms with E-state index in [1.807, 2.05) is 18.2 Å². The topological polar surface area (TPSA) is 79.0 Å². The molecule has 4 amide bonds. The first kappa shape index (κ1) is 19.9. The van der Waals surface area contributed by atoms with E-state index in [1.54, 1.807) is 48.4 Å². The second-order valence-corrected chi connectivity index (χ2v) is 7.63. The number of rotatable bonds is 6. The monoisotopic (exact) mass is 407 g/mol. The van der Waals surface area contributed by atoms with Crippen molar-refractivity contribution in [2.45, 2.75) is 44.2 Å². The number of carbonyl (C=O) groups excluding carboxylic acids is 3. The van der Waals surface area contributed by atoms with E-state index in [4.69, 9.17) is 4.74 Å². The van der Waals surface area contributed by atoms with Crippen molar-refractivity contribution in [2.24, 2.45) is 0 Å². The maximum atomic E-state index is 13.3. The molecule has 1 saturated heterocycles. The van der Waals surface area contributed by atoms with Crippen LogP contribution in [0.4, 0.5) is 16.2 Å². The number of nitrogens with one attached hydrogen (secondary N) is 1. The molecule has 0 bridgehead atoms. The fraction of sp³-hybridized carbons (Fsp3) is 0.348. The lowest BCUT2D eigenvalue weighted by Crippen LogP contribution is -2.43. The average Bonchev–Trinajstić information content (AvgIpc) is 3.36. The van der Waals surface area contributed by atoms with Crippen LogP contribution in [0.2, 0.25) is 0 Å². The zero-order valence-corrected chi connectivity index (χ0v) is 16.9. The molecule has 7 nitrogen and oxygen atoms in total. The van der Waals surface area contributed by atoms with E-state index in [2.05, 4.69) is 5.32 Å². The fourth-order valence-electron chi connectivity index (χ4n) is 4.27. The van der Waals surface area contributed by atoms with Gasteiger partial charge in [0.2, 0.25) is 5.91 Å². The summed E-state index contributed by atoms with van der Waals surface area (Å²) in [5, 5.41) is 2.82. The van der Waals surface area contributed by atoms with Crippen molar-refractivity contribution in [3.8, 4) is 5.75 Å². The second kappa shape index (κ2) is 8.57. The van der Waals surface area contributed by atoms with Crippen LogP contribution in [0.3, 0.4) is 0 Å². The van der Waals surface area contributed by atoms with Crippen LogP contribution in [-0.4, -0.2) is 41.9 Å². The van der Waals surface area contributed by atoms with Crippen molar-refractivity contribution in [2.75, 3.05) is 17.3 Å². The van der Waals surface area contributed by atoms with E-state index >= 15 is 0 Å². The molecule has 0 unspecified atom stereocenters. The predicted octanol–water partition coefficient (Wildman–Crippen LogP) is 3.80. The van der Waals surface area contributed by atoms with Gasteiger partial charge >= 0.3 is 6.03 Å². The number of nitrogens with zero attached hydrogens (tertiary/aromatic N) is 2. The summed E-state index contributed by atoms with van der Waals surface area (Å²) in [6.07, 6.45) is 3.68. The third-order valence-electron chi connectivity index (χ3n) is 5.74. The van der Waals surface area contributed by atoms with E-state index in [0.29, 0.717) is 17.1 Å². The zero-order chi connectivity index (χ0) is 21.1. The summed E-state index contributed by atoms with van der Waals surface area (Å²) in [6, 6.07) is 14.7. The summed E-state index contributed by atoms with van der Waals surface area (Å²) in [4.78, 5) is 42.0. The summed E-state index contributed by atoms with van der Waals surface area (Å²) < 4.78 is 5.17. The van der Waals surface area contributed by atoms with Gasteiger partial charge in [-0.1, -0.05) is 31.0 Å². The van der Waals surface area contributed by atoms with Crippen molar-refractivity contribution < 1.29 is 19.1 Å². The Bertz CT molecular complexity index is 923. The van der Waals surface area contributed by atoms with E-state index < -0.39 is 6.04 Å². The molecule has 0 aromatic heterocycles. The van der Waals surface area contributed by atoms with E-state index in [-0.39, 0.29) is 30.3 Å². The summed E-state index contributed by atoms with van der Waals surface area (Å²) in [5.41, 5.74) is 1.15. The normalized spacial score (nSPS) is 19.4. The first-order valence-corrected chi connectivity index (χ1v) is 10.2. The van der Waals surface area contributed by atoms with Crippen LogP contribution in [0.25, 0.3) is 0 Å². The summed E-state index contributed by atoms with van der Waals surface area (Å²) in [7, 11) is 1.56. The van der Waals surface area contributed by atoms with Crippen LogP contribution in [0, 0.1) is 0 Å². The van der Waals surface area contributed by atoms with Crippen LogP contribution in [0.1, 0.15) is 32.1 Å². The van der Waals surface area contributed by atoms with E-state index in [1.165, 1.54) is 4.90 Å². The summed E-state index contributed by atoms with van der Waals surface area (Å²) in [6.45, 7) is 0. The van der Waals surface area contributed by atoms with Gasteiger partial charge in [-0.2, -0.15) is 0 Å². The Labute approximate surface area is 175 Å². The molecule has 1 aliphatic carbocycles. The number of carbonyl (C=O) groups is 3. The number of amides is 4. The highest BCUT2D eigenvalue weighted by Gasteiger charge is 2.49. The first-order valence-electron chi connectivity index (χ1n) is 10.2. The Morgan fingerprint density at radius 3 is 2.33 bits per heavy atom. The zero-order valence-electron chi connectivity index (χ0n) is 16.9. The number of ether oxygens (including phenoxy) is 1. The fourth-order valence-corrected chi connectivity index (χ4v) is 4.27. The molecular formula is C23H25N3O4. The number of benzene rings is 2. The van der Waals surface area contributed by atoms with Gasteiger partial charge in [0, 0.05) is 11.7 Å². The molecule has 0 radical (unpaired) electrons. The van der Waals surface area contributed by atoms with Gasteiger partial charge in [0.1, 0.15) is 11.8 Å². The minimum Gasteiger partial charge on any atom is -0.497 e. The number of imide groups is 1. The standard InChI is InChI=1S/C23H25N3O4/c1-30-19-13-11-18(12-14-19)26-22(28)20(25(23(26)29)17-9-5-6-10-17)15-21(27)24-16-7-3-2-4-8-16/h2-4,7-8,11-14,17,20H,5-6,9-10,15H2,1H3,(H,24,27)/t20-/m0/s1. The third kappa shape index (κ3) is 3.87. The Hall–Kier alpha value is -3.35. The average molecular weight is 407 g/mol. The molecule has 4 rings (SSSR count). The van der Waals surface area contributed by atoms with Crippen molar-refractivity contribution in [1.29, 1.82) is 0 Å². The van der Waals surface area contributed by atoms with Crippen molar-refractivity contribution in [3.63, 3.8) is 0 Å². The summed E-state index contributed by atoms with van der Waals surface area (Å²) in [5.74, 6) is -0.00325. The number of hydrogen-bond donors (Lipinski definition) is 1. The van der Waals surface area contributed by atoms with Gasteiger partial charge in [0.25, 0.3) is 5.91 Å². The predicted molar refractivity (Wildman–Crippen MR) is 113 cm³/mol. The molecule has 30 heavy (non-hydrogen) atoms. The molecule has 2 fully saturated rings. The minimum absolute atomic E-state index is 0.0146. The van der Waals surface area contributed by atoms with Gasteiger partial charge in [-0.05, 0) is 49.2 Å². The van der Waals surface area contributed by atoms with Gasteiger partial charge in [-0.3, -0.25) is 9.59 Å². The van der Waals surface area contributed by atoms with Crippen LogP contribution < -0.4 is 15.0 Å². The largest absolute Gasteiger partial charge is 0.497 e. The molecule has 156 valence electrons. The molecule has 1 aliphatic heterocycles. The molecule has 7 heteroatoms. The number of hydrogen-bond acceptors (Lipinski definition) is 4. The molecule has 1 heterocycles. The van der Waals surface area contributed by atoms with E-state index in [9.17, 15) is 14.4 Å². The number of methoxy groups -OCH3 is 1. The number of anilines is 2. The Balaban J connectivity index is 1.58. The SMILES string of the molecule is COc1ccc(N2C(=O)[C@H](CC(=O)Nc3ccccc3)N(C3CCCC3)C2=O)cc1. The molecule has 1 atom stereocenters. The Kier molecular flexibility index (Phi) is 5.70. The Morgan fingerprint density at radius 2 is 1.70 bits per heavy atom.